The van der Waals surface area contributed by atoms with Gasteiger partial charge in [0.2, 0.25) is 0 Å². The van der Waals surface area contributed by atoms with E-state index in [-0.39, 0.29) is 6.10 Å². The van der Waals surface area contributed by atoms with Gasteiger partial charge in [-0.2, -0.15) is 0 Å². The molecule has 0 bridgehead atoms. The maximum absolute atomic E-state index is 5.71. The highest BCUT2D eigenvalue weighted by atomic mass is 16.5. The molecule has 1 aliphatic carbocycles. The molecule has 86 valence electrons. The van der Waals surface area contributed by atoms with Gasteiger partial charge in [-0.25, -0.2) is 4.98 Å². The summed E-state index contributed by atoms with van der Waals surface area (Å²) < 4.78 is 5.71. The molecule has 0 aliphatic heterocycles. The van der Waals surface area contributed by atoms with Crippen LogP contribution in [0.15, 0.2) is 30.5 Å². The molecule has 2 rings (SSSR count). The van der Waals surface area contributed by atoms with Crippen molar-refractivity contribution in [3.63, 3.8) is 0 Å². The molecule has 0 spiro atoms. The summed E-state index contributed by atoms with van der Waals surface area (Å²) in [6.07, 6.45) is 8.49. The molecule has 0 amide bonds. The Bertz CT molecular complexity index is 366. The predicted octanol–water partition coefficient (Wildman–Crippen LogP) is 3.00. The normalized spacial score (nSPS) is 15.7. The molecule has 0 unspecified atom stereocenters. The van der Waals surface area contributed by atoms with Gasteiger partial charge in [0.05, 0.1) is 6.10 Å². The minimum atomic E-state index is 0.173. The Kier molecular flexibility index (Phi) is 3.44. The fourth-order valence-corrected chi connectivity index (χ4v) is 1.78. The second kappa shape index (κ2) is 5.01. The molecule has 3 nitrogen and oxygen atoms in total. The maximum Gasteiger partial charge on any atom is 0.169 e. The van der Waals surface area contributed by atoms with Gasteiger partial charge in [-0.3, -0.25) is 0 Å². The van der Waals surface area contributed by atoms with Gasteiger partial charge in [0, 0.05) is 12.2 Å². The number of aromatic nitrogens is 1. The topological polar surface area (TPSA) is 34.1 Å². The van der Waals surface area contributed by atoms with Gasteiger partial charge >= 0.3 is 0 Å². The van der Waals surface area contributed by atoms with E-state index in [0.717, 1.165) is 24.4 Å². The van der Waals surface area contributed by atoms with E-state index in [0.29, 0.717) is 6.04 Å². The summed E-state index contributed by atoms with van der Waals surface area (Å²) in [7, 11) is 0. The quantitative estimate of drug-likeness (QED) is 0.789. The van der Waals surface area contributed by atoms with Crippen LogP contribution in [0.4, 0.5) is 5.82 Å². The Morgan fingerprint density at radius 1 is 1.38 bits per heavy atom. The van der Waals surface area contributed by atoms with E-state index in [4.69, 9.17) is 4.74 Å². The Labute approximate surface area is 96.5 Å². The molecular weight excluding hydrogens is 200 g/mol. The van der Waals surface area contributed by atoms with Gasteiger partial charge in [-0.15, -0.1) is 0 Å². The number of hydrogen-bond donors (Lipinski definition) is 1. The van der Waals surface area contributed by atoms with Crippen LogP contribution in [0.25, 0.3) is 0 Å². The molecule has 1 N–H and O–H groups in total. The molecule has 1 heterocycles. The van der Waals surface area contributed by atoms with E-state index in [9.17, 15) is 0 Å². The lowest BCUT2D eigenvalue weighted by Gasteiger charge is -2.17. The monoisotopic (exact) mass is 218 g/mol. The summed E-state index contributed by atoms with van der Waals surface area (Å²) in [5, 5.41) is 3.42. The number of hydrogen-bond acceptors (Lipinski definition) is 3. The largest absolute Gasteiger partial charge is 0.487 e. The van der Waals surface area contributed by atoms with E-state index in [2.05, 4.69) is 22.5 Å². The second-order valence-corrected chi connectivity index (χ2v) is 4.30. The van der Waals surface area contributed by atoms with Crippen molar-refractivity contribution < 1.29 is 4.74 Å². The molecule has 16 heavy (non-hydrogen) atoms. The summed E-state index contributed by atoms with van der Waals surface area (Å²) >= 11 is 0. The van der Waals surface area contributed by atoms with Crippen molar-refractivity contribution in [3.8, 4) is 5.75 Å². The molecule has 1 aromatic rings. The van der Waals surface area contributed by atoms with Crippen LogP contribution in [-0.2, 0) is 0 Å². The highest BCUT2D eigenvalue weighted by Crippen LogP contribution is 2.25. The van der Waals surface area contributed by atoms with E-state index >= 15 is 0 Å². The van der Waals surface area contributed by atoms with Crippen molar-refractivity contribution in [2.75, 3.05) is 5.32 Å². The fourth-order valence-electron chi connectivity index (χ4n) is 1.78. The molecule has 0 saturated carbocycles. The third-order valence-electron chi connectivity index (χ3n) is 2.48. The van der Waals surface area contributed by atoms with E-state index < -0.39 is 0 Å². The molecule has 0 fully saturated rings. The number of nitrogens with one attached hydrogen (secondary N) is 1. The summed E-state index contributed by atoms with van der Waals surface area (Å²) in [6, 6.07) is 4.32. The van der Waals surface area contributed by atoms with Crippen molar-refractivity contribution in [2.24, 2.45) is 0 Å². The second-order valence-electron chi connectivity index (χ2n) is 4.30. The minimum Gasteiger partial charge on any atom is -0.487 e. The first-order chi connectivity index (χ1) is 7.75. The van der Waals surface area contributed by atoms with Crippen LogP contribution in [0, 0.1) is 0 Å². The van der Waals surface area contributed by atoms with Crippen LogP contribution in [0.3, 0.4) is 0 Å². The smallest absolute Gasteiger partial charge is 0.169 e. The van der Waals surface area contributed by atoms with Crippen LogP contribution < -0.4 is 10.1 Å². The molecule has 0 radical (unpaired) electrons. The van der Waals surface area contributed by atoms with E-state index in [1.54, 1.807) is 6.20 Å². The Morgan fingerprint density at radius 2 is 2.12 bits per heavy atom. The van der Waals surface area contributed by atoms with Crippen LogP contribution in [0.1, 0.15) is 26.7 Å². The zero-order valence-electron chi connectivity index (χ0n) is 9.81. The summed E-state index contributed by atoms with van der Waals surface area (Å²) in [6.45, 7) is 4.04. The summed E-state index contributed by atoms with van der Waals surface area (Å²) in [4.78, 5) is 4.33. The Balaban J connectivity index is 2.06. The average Bonchev–Trinajstić information content (AvgIpc) is 2.73. The fraction of sp³-hybridized carbons (Fsp3) is 0.462. The number of pyridine rings is 1. The van der Waals surface area contributed by atoms with Crippen molar-refractivity contribution in [1.29, 1.82) is 0 Å². The Morgan fingerprint density at radius 3 is 2.81 bits per heavy atom. The standard InChI is InChI=1S/C13H18N2O/c1-10(2)16-12-8-5-9-14-13(12)15-11-6-3-4-7-11/h3-5,8-11H,6-7H2,1-2H3,(H,14,15). The zero-order valence-corrected chi connectivity index (χ0v) is 9.81. The van der Waals surface area contributed by atoms with Gasteiger partial charge in [-0.05, 0) is 38.8 Å². The lowest BCUT2D eigenvalue weighted by molar-refractivity contribution is 0.242. The summed E-state index contributed by atoms with van der Waals surface area (Å²) in [5.41, 5.74) is 0. The van der Waals surface area contributed by atoms with Crippen LogP contribution in [0.2, 0.25) is 0 Å². The first kappa shape index (κ1) is 11.0. The van der Waals surface area contributed by atoms with Crippen LogP contribution in [0.5, 0.6) is 5.75 Å². The van der Waals surface area contributed by atoms with Crippen molar-refractivity contribution in [2.45, 2.75) is 38.8 Å². The molecule has 0 saturated heterocycles. The van der Waals surface area contributed by atoms with Crippen molar-refractivity contribution in [3.05, 3.63) is 30.5 Å². The number of ether oxygens (including phenoxy) is 1. The number of anilines is 1. The molecule has 0 atom stereocenters. The third-order valence-corrected chi connectivity index (χ3v) is 2.48. The van der Waals surface area contributed by atoms with Gasteiger partial charge in [0.15, 0.2) is 11.6 Å². The SMILES string of the molecule is CC(C)Oc1cccnc1NC1CC=CC1. The van der Waals surface area contributed by atoms with E-state index in [1.165, 1.54) is 0 Å². The Hall–Kier alpha value is -1.51. The van der Waals surface area contributed by atoms with Crippen LogP contribution in [-0.4, -0.2) is 17.1 Å². The highest BCUT2D eigenvalue weighted by molar-refractivity contribution is 5.50. The third kappa shape index (κ3) is 2.75. The zero-order chi connectivity index (χ0) is 11.4. The average molecular weight is 218 g/mol. The first-order valence-electron chi connectivity index (χ1n) is 5.79. The van der Waals surface area contributed by atoms with Gasteiger partial charge in [0.1, 0.15) is 0 Å². The number of nitrogens with zero attached hydrogens (tertiary/aromatic N) is 1. The molecule has 1 aliphatic rings. The van der Waals surface area contributed by atoms with Crippen LogP contribution >= 0.6 is 0 Å². The summed E-state index contributed by atoms with van der Waals surface area (Å²) in [5.74, 6) is 1.69. The lowest BCUT2D eigenvalue weighted by atomic mass is 10.2. The molecule has 0 aromatic carbocycles. The van der Waals surface area contributed by atoms with Crippen molar-refractivity contribution >= 4 is 5.82 Å². The predicted molar refractivity (Wildman–Crippen MR) is 65.8 cm³/mol. The highest BCUT2D eigenvalue weighted by Gasteiger charge is 2.13. The van der Waals surface area contributed by atoms with Gasteiger partial charge < -0.3 is 10.1 Å². The number of rotatable bonds is 4. The van der Waals surface area contributed by atoms with Gasteiger partial charge in [0.25, 0.3) is 0 Å². The molecule has 3 heteroatoms. The molecule has 1 aromatic heterocycles. The maximum atomic E-state index is 5.71. The first-order valence-corrected chi connectivity index (χ1v) is 5.79. The van der Waals surface area contributed by atoms with Gasteiger partial charge in [-0.1, -0.05) is 12.2 Å². The van der Waals surface area contributed by atoms with E-state index in [1.807, 2.05) is 26.0 Å². The molecular formula is C13H18N2O. The van der Waals surface area contributed by atoms with Crippen molar-refractivity contribution in [1.82, 2.24) is 4.98 Å². The lowest BCUT2D eigenvalue weighted by Crippen LogP contribution is -2.17. The minimum absolute atomic E-state index is 0.173.